The van der Waals surface area contributed by atoms with E-state index in [1.165, 1.54) is 4.31 Å². The third-order valence-corrected chi connectivity index (χ3v) is 8.54. The van der Waals surface area contributed by atoms with Gasteiger partial charge in [-0.1, -0.05) is 24.3 Å². The molecule has 5 rings (SSSR count). The van der Waals surface area contributed by atoms with Crippen LogP contribution in [-0.4, -0.2) is 64.3 Å². The Hall–Kier alpha value is -2.78. The molecule has 32 heavy (non-hydrogen) atoms. The smallest absolute Gasteiger partial charge is 0.243 e. The summed E-state index contributed by atoms with van der Waals surface area (Å²) in [6.07, 6.45) is 4.99. The molecule has 2 aromatic heterocycles. The van der Waals surface area contributed by atoms with Gasteiger partial charge in [0.05, 0.1) is 4.90 Å². The SMILES string of the molecule is O=C(C1CCN(S(=O)(=O)c2ccccc2)CC1)N1CCC[C@H](c2nnc3ccccn23)C1. The van der Waals surface area contributed by atoms with Crippen molar-refractivity contribution in [2.45, 2.75) is 36.5 Å². The second-order valence-corrected chi connectivity index (χ2v) is 10.5. The Labute approximate surface area is 187 Å². The van der Waals surface area contributed by atoms with Crippen LogP contribution in [0, 0.1) is 5.92 Å². The van der Waals surface area contributed by atoms with Gasteiger partial charge in [0.1, 0.15) is 5.82 Å². The van der Waals surface area contributed by atoms with Crippen LogP contribution in [0.4, 0.5) is 0 Å². The Balaban J connectivity index is 1.23. The van der Waals surface area contributed by atoms with Gasteiger partial charge >= 0.3 is 0 Å². The van der Waals surface area contributed by atoms with Crippen LogP contribution in [0.3, 0.4) is 0 Å². The Morgan fingerprint density at radius 3 is 2.44 bits per heavy atom. The maximum atomic E-state index is 13.3. The van der Waals surface area contributed by atoms with Crippen molar-refractivity contribution in [2.75, 3.05) is 26.2 Å². The predicted molar refractivity (Wildman–Crippen MR) is 119 cm³/mol. The van der Waals surface area contributed by atoms with Crippen LogP contribution in [0.1, 0.15) is 37.4 Å². The molecule has 8 nitrogen and oxygen atoms in total. The Morgan fingerprint density at radius 2 is 1.66 bits per heavy atom. The fraction of sp³-hybridized carbons (Fsp3) is 0.435. The number of rotatable bonds is 4. The molecule has 0 bridgehead atoms. The van der Waals surface area contributed by atoms with Crippen LogP contribution in [0.5, 0.6) is 0 Å². The number of hydrogen-bond acceptors (Lipinski definition) is 5. The van der Waals surface area contributed by atoms with Crippen molar-refractivity contribution >= 4 is 21.6 Å². The summed E-state index contributed by atoms with van der Waals surface area (Å²) in [6, 6.07) is 14.3. The van der Waals surface area contributed by atoms with Gasteiger partial charge in [0.15, 0.2) is 5.65 Å². The number of carbonyl (C=O) groups excluding carboxylic acids is 1. The van der Waals surface area contributed by atoms with E-state index in [4.69, 9.17) is 0 Å². The molecule has 1 atom stereocenters. The van der Waals surface area contributed by atoms with Crippen molar-refractivity contribution in [3.63, 3.8) is 0 Å². The van der Waals surface area contributed by atoms with Crippen LogP contribution >= 0.6 is 0 Å². The third kappa shape index (κ3) is 3.91. The summed E-state index contributed by atoms with van der Waals surface area (Å²) < 4.78 is 29.2. The highest BCUT2D eigenvalue weighted by Crippen LogP contribution is 2.30. The highest BCUT2D eigenvalue weighted by molar-refractivity contribution is 7.89. The van der Waals surface area contributed by atoms with Crippen molar-refractivity contribution in [2.24, 2.45) is 5.92 Å². The van der Waals surface area contributed by atoms with Crippen LogP contribution < -0.4 is 0 Å². The molecular formula is C23H27N5O3S. The van der Waals surface area contributed by atoms with Gasteiger partial charge in [0.2, 0.25) is 15.9 Å². The number of fused-ring (bicyclic) bond motifs is 1. The number of benzene rings is 1. The molecular weight excluding hydrogens is 426 g/mol. The number of sulfonamides is 1. The van der Waals surface area contributed by atoms with Gasteiger partial charge in [0, 0.05) is 44.2 Å². The first kappa shape index (κ1) is 21.1. The topological polar surface area (TPSA) is 87.9 Å². The summed E-state index contributed by atoms with van der Waals surface area (Å²) in [7, 11) is -3.50. The Bertz CT molecular complexity index is 1200. The molecule has 168 valence electrons. The lowest BCUT2D eigenvalue weighted by molar-refractivity contribution is -0.138. The molecule has 3 aromatic rings. The lowest BCUT2D eigenvalue weighted by atomic mass is 9.92. The highest BCUT2D eigenvalue weighted by Gasteiger charge is 2.36. The van der Waals surface area contributed by atoms with E-state index in [9.17, 15) is 13.2 Å². The monoisotopic (exact) mass is 453 g/mol. The van der Waals surface area contributed by atoms with Crippen molar-refractivity contribution in [3.8, 4) is 0 Å². The summed E-state index contributed by atoms with van der Waals surface area (Å²) >= 11 is 0. The van der Waals surface area contributed by atoms with Gasteiger partial charge in [-0.25, -0.2) is 8.42 Å². The van der Waals surface area contributed by atoms with Crippen LogP contribution in [0.2, 0.25) is 0 Å². The summed E-state index contributed by atoms with van der Waals surface area (Å²) in [4.78, 5) is 15.5. The zero-order valence-electron chi connectivity index (χ0n) is 17.9. The van der Waals surface area contributed by atoms with E-state index in [-0.39, 0.29) is 17.7 Å². The van der Waals surface area contributed by atoms with E-state index in [2.05, 4.69) is 10.2 Å². The van der Waals surface area contributed by atoms with Crippen molar-refractivity contribution < 1.29 is 13.2 Å². The first-order valence-corrected chi connectivity index (χ1v) is 12.6. The quantitative estimate of drug-likeness (QED) is 0.606. The molecule has 0 aliphatic carbocycles. The molecule has 0 saturated carbocycles. The van der Waals surface area contributed by atoms with Gasteiger partial charge in [0.25, 0.3) is 0 Å². The van der Waals surface area contributed by atoms with E-state index in [0.29, 0.717) is 37.4 Å². The second kappa shape index (κ2) is 8.63. The Kier molecular flexibility index (Phi) is 5.69. The number of amides is 1. The average Bonchev–Trinajstić information content (AvgIpc) is 3.28. The molecule has 0 N–H and O–H groups in total. The molecule has 1 aromatic carbocycles. The van der Waals surface area contributed by atoms with Gasteiger partial charge in [-0.05, 0) is 49.9 Å². The first-order valence-electron chi connectivity index (χ1n) is 11.2. The summed E-state index contributed by atoms with van der Waals surface area (Å²) in [6.45, 7) is 2.13. The first-order chi connectivity index (χ1) is 15.5. The fourth-order valence-corrected chi connectivity index (χ4v) is 6.36. The van der Waals surface area contributed by atoms with Crippen LogP contribution in [0.15, 0.2) is 59.6 Å². The molecule has 2 saturated heterocycles. The molecule has 9 heteroatoms. The van der Waals surface area contributed by atoms with Crippen molar-refractivity contribution in [1.29, 1.82) is 0 Å². The number of pyridine rings is 1. The van der Waals surface area contributed by atoms with E-state index < -0.39 is 10.0 Å². The molecule has 2 aliphatic heterocycles. The number of carbonyl (C=O) groups is 1. The summed E-state index contributed by atoms with van der Waals surface area (Å²) in [5.41, 5.74) is 0.818. The molecule has 1 amide bonds. The maximum absolute atomic E-state index is 13.3. The molecule has 0 unspecified atom stereocenters. The van der Waals surface area contributed by atoms with E-state index >= 15 is 0 Å². The number of aromatic nitrogens is 3. The van der Waals surface area contributed by atoms with Gasteiger partial charge in [-0.15, -0.1) is 10.2 Å². The zero-order chi connectivity index (χ0) is 22.1. The fourth-order valence-electron chi connectivity index (χ4n) is 4.87. The molecule has 4 heterocycles. The van der Waals surface area contributed by atoms with Crippen LogP contribution in [-0.2, 0) is 14.8 Å². The lowest BCUT2D eigenvalue weighted by Crippen LogP contribution is -2.47. The largest absolute Gasteiger partial charge is 0.342 e. The number of hydrogen-bond donors (Lipinski definition) is 0. The Morgan fingerprint density at radius 1 is 0.906 bits per heavy atom. The predicted octanol–water partition coefficient (Wildman–Crippen LogP) is 2.54. The summed E-state index contributed by atoms with van der Waals surface area (Å²) in [5, 5.41) is 8.65. The van der Waals surface area contributed by atoms with Crippen molar-refractivity contribution in [3.05, 3.63) is 60.6 Å². The second-order valence-electron chi connectivity index (χ2n) is 8.60. The lowest BCUT2D eigenvalue weighted by Gasteiger charge is -2.37. The normalized spacial score (nSPS) is 21.1. The maximum Gasteiger partial charge on any atom is 0.243 e. The molecule has 0 spiro atoms. The van der Waals surface area contributed by atoms with E-state index in [0.717, 1.165) is 30.9 Å². The third-order valence-electron chi connectivity index (χ3n) is 6.62. The minimum atomic E-state index is -3.50. The zero-order valence-corrected chi connectivity index (χ0v) is 18.7. The van der Waals surface area contributed by atoms with E-state index in [1.54, 1.807) is 30.3 Å². The average molecular weight is 454 g/mol. The van der Waals surface area contributed by atoms with Gasteiger partial charge in [-0.3, -0.25) is 9.20 Å². The number of piperidine rings is 2. The molecule has 2 fully saturated rings. The van der Waals surface area contributed by atoms with Gasteiger partial charge < -0.3 is 4.90 Å². The highest BCUT2D eigenvalue weighted by atomic mass is 32.2. The molecule has 0 radical (unpaired) electrons. The van der Waals surface area contributed by atoms with E-state index in [1.807, 2.05) is 33.7 Å². The standard InChI is InChI=1S/C23H27N5O3S/c29-23(18-11-15-27(16-12-18)32(30,31)20-8-2-1-3-9-20)26-13-6-7-19(17-26)22-25-24-21-10-4-5-14-28(21)22/h1-5,8-10,14,18-19H,6-7,11-13,15-17H2/t19-/m0/s1. The summed E-state index contributed by atoms with van der Waals surface area (Å²) in [5.74, 6) is 1.07. The minimum Gasteiger partial charge on any atom is -0.342 e. The number of likely N-dealkylation sites (tertiary alicyclic amines) is 1. The molecule has 2 aliphatic rings. The van der Waals surface area contributed by atoms with Crippen LogP contribution in [0.25, 0.3) is 5.65 Å². The minimum absolute atomic E-state index is 0.133. The van der Waals surface area contributed by atoms with Crippen molar-refractivity contribution in [1.82, 2.24) is 23.8 Å². The van der Waals surface area contributed by atoms with Gasteiger partial charge in [-0.2, -0.15) is 4.31 Å². The number of nitrogens with zero attached hydrogens (tertiary/aromatic N) is 5.